The van der Waals surface area contributed by atoms with Crippen molar-refractivity contribution in [3.05, 3.63) is 48.0 Å². The molecule has 1 aliphatic rings. The highest BCUT2D eigenvalue weighted by Crippen LogP contribution is 2.44. The molecule has 0 amide bonds. The number of methoxy groups -OCH3 is 1. The van der Waals surface area contributed by atoms with Gasteiger partial charge in [-0.3, -0.25) is 0 Å². The summed E-state index contributed by atoms with van der Waals surface area (Å²) >= 11 is 0. The van der Waals surface area contributed by atoms with Crippen LogP contribution in [0.2, 0.25) is 0 Å². The Labute approximate surface area is 130 Å². The van der Waals surface area contributed by atoms with Crippen LogP contribution in [-0.2, 0) is 5.41 Å². The van der Waals surface area contributed by atoms with Crippen molar-refractivity contribution in [2.24, 2.45) is 0 Å². The standard InChI is InChI=1S/C17H21N3O2/c1-17(2)7-15(21)16(20-11-8-18-10-19-9-11)13-6-12(22-3)4-5-14(13)17/h4-6,8-10,15-16,20-21H,7H2,1-3H3. The number of aliphatic hydroxyl groups excluding tert-OH is 1. The highest BCUT2D eigenvalue weighted by atomic mass is 16.5. The number of aliphatic hydroxyl groups is 1. The topological polar surface area (TPSA) is 67.3 Å². The van der Waals surface area contributed by atoms with Gasteiger partial charge in [0.05, 0.1) is 37.3 Å². The largest absolute Gasteiger partial charge is 0.497 e. The molecule has 0 bridgehead atoms. The monoisotopic (exact) mass is 299 g/mol. The second kappa shape index (κ2) is 5.57. The number of hydrogen-bond acceptors (Lipinski definition) is 5. The Bertz CT molecular complexity index is 658. The molecule has 0 fully saturated rings. The second-order valence-corrected chi connectivity index (χ2v) is 6.36. The highest BCUT2D eigenvalue weighted by Gasteiger charge is 2.38. The number of aromatic nitrogens is 2. The first-order valence-corrected chi connectivity index (χ1v) is 7.39. The van der Waals surface area contributed by atoms with E-state index in [1.54, 1.807) is 19.5 Å². The SMILES string of the molecule is COc1ccc2c(c1)C(Nc1cncnc1)C(O)CC2(C)C. The molecular weight excluding hydrogens is 278 g/mol. The molecule has 2 atom stereocenters. The van der Waals surface area contributed by atoms with E-state index < -0.39 is 6.10 Å². The molecule has 116 valence electrons. The number of nitrogens with one attached hydrogen (secondary N) is 1. The lowest BCUT2D eigenvalue weighted by Gasteiger charge is -2.41. The number of hydrogen-bond donors (Lipinski definition) is 2. The summed E-state index contributed by atoms with van der Waals surface area (Å²) in [6.07, 6.45) is 5.11. The molecule has 5 nitrogen and oxygen atoms in total. The van der Waals surface area contributed by atoms with Gasteiger partial charge in [0.1, 0.15) is 12.1 Å². The van der Waals surface area contributed by atoms with Crippen LogP contribution in [0.25, 0.3) is 0 Å². The molecule has 1 aromatic carbocycles. The van der Waals surface area contributed by atoms with E-state index in [-0.39, 0.29) is 11.5 Å². The molecule has 3 rings (SSSR count). The van der Waals surface area contributed by atoms with Gasteiger partial charge in [-0.15, -0.1) is 0 Å². The van der Waals surface area contributed by atoms with Crippen molar-refractivity contribution in [2.45, 2.75) is 37.8 Å². The minimum atomic E-state index is -0.491. The molecule has 0 radical (unpaired) electrons. The lowest BCUT2D eigenvalue weighted by molar-refractivity contribution is 0.106. The fraction of sp³-hybridized carbons (Fsp3) is 0.412. The van der Waals surface area contributed by atoms with Crippen molar-refractivity contribution in [1.29, 1.82) is 0 Å². The molecule has 2 aromatic rings. The summed E-state index contributed by atoms with van der Waals surface area (Å²) < 4.78 is 5.35. The van der Waals surface area contributed by atoms with Crippen LogP contribution < -0.4 is 10.1 Å². The fourth-order valence-electron chi connectivity index (χ4n) is 3.23. The van der Waals surface area contributed by atoms with Gasteiger partial charge in [0, 0.05) is 0 Å². The van der Waals surface area contributed by atoms with E-state index in [1.165, 1.54) is 11.9 Å². The van der Waals surface area contributed by atoms with Gasteiger partial charge >= 0.3 is 0 Å². The first kappa shape index (κ1) is 14.8. The molecule has 22 heavy (non-hydrogen) atoms. The van der Waals surface area contributed by atoms with E-state index in [4.69, 9.17) is 4.74 Å². The summed E-state index contributed by atoms with van der Waals surface area (Å²) in [7, 11) is 1.65. The summed E-state index contributed by atoms with van der Waals surface area (Å²) in [5.74, 6) is 0.791. The van der Waals surface area contributed by atoms with Crippen LogP contribution in [0.1, 0.15) is 37.4 Å². The van der Waals surface area contributed by atoms with Crippen LogP contribution >= 0.6 is 0 Å². The maximum Gasteiger partial charge on any atom is 0.119 e. The second-order valence-electron chi connectivity index (χ2n) is 6.36. The van der Waals surface area contributed by atoms with E-state index in [2.05, 4.69) is 35.2 Å². The number of benzene rings is 1. The minimum Gasteiger partial charge on any atom is -0.497 e. The van der Waals surface area contributed by atoms with Crippen molar-refractivity contribution >= 4 is 5.69 Å². The van der Waals surface area contributed by atoms with E-state index in [0.29, 0.717) is 6.42 Å². The van der Waals surface area contributed by atoms with Crippen molar-refractivity contribution in [2.75, 3.05) is 12.4 Å². The van der Waals surface area contributed by atoms with Crippen LogP contribution in [0.4, 0.5) is 5.69 Å². The highest BCUT2D eigenvalue weighted by molar-refractivity contribution is 5.49. The summed E-state index contributed by atoms with van der Waals surface area (Å²) in [6, 6.07) is 5.86. The number of ether oxygens (including phenoxy) is 1. The van der Waals surface area contributed by atoms with E-state index in [0.717, 1.165) is 17.0 Å². The number of anilines is 1. The summed E-state index contributed by atoms with van der Waals surface area (Å²) in [5.41, 5.74) is 3.01. The Morgan fingerprint density at radius 3 is 2.68 bits per heavy atom. The number of nitrogens with zero attached hydrogens (tertiary/aromatic N) is 2. The Hall–Kier alpha value is -2.14. The molecule has 1 heterocycles. The number of fused-ring (bicyclic) bond motifs is 1. The summed E-state index contributed by atoms with van der Waals surface area (Å²) in [6.45, 7) is 4.31. The van der Waals surface area contributed by atoms with Gasteiger partial charge < -0.3 is 15.2 Å². The Balaban J connectivity index is 2.03. The predicted octanol–water partition coefficient (Wildman–Crippen LogP) is 2.68. The van der Waals surface area contributed by atoms with Crippen LogP contribution in [0.5, 0.6) is 5.75 Å². The smallest absolute Gasteiger partial charge is 0.119 e. The van der Waals surface area contributed by atoms with Crippen molar-refractivity contribution in [1.82, 2.24) is 9.97 Å². The van der Waals surface area contributed by atoms with Crippen molar-refractivity contribution in [3.63, 3.8) is 0 Å². The first-order chi connectivity index (χ1) is 10.5. The molecule has 1 aromatic heterocycles. The van der Waals surface area contributed by atoms with E-state index in [1.807, 2.05) is 12.1 Å². The van der Waals surface area contributed by atoms with Crippen LogP contribution in [0.15, 0.2) is 36.9 Å². The molecule has 0 saturated carbocycles. The summed E-state index contributed by atoms with van der Waals surface area (Å²) in [5, 5.41) is 14.0. The van der Waals surface area contributed by atoms with Crippen LogP contribution in [0.3, 0.4) is 0 Å². The van der Waals surface area contributed by atoms with E-state index in [9.17, 15) is 5.11 Å². The van der Waals surface area contributed by atoms with Gasteiger partial charge in [-0.05, 0) is 35.1 Å². The Kier molecular flexibility index (Phi) is 3.74. The molecule has 1 aliphatic carbocycles. The third-order valence-corrected chi connectivity index (χ3v) is 4.31. The molecule has 2 unspecified atom stereocenters. The molecule has 5 heteroatoms. The molecule has 0 aliphatic heterocycles. The number of rotatable bonds is 3. The maximum absolute atomic E-state index is 10.6. The first-order valence-electron chi connectivity index (χ1n) is 7.39. The van der Waals surface area contributed by atoms with Crippen LogP contribution in [-0.4, -0.2) is 28.3 Å². The fourth-order valence-corrected chi connectivity index (χ4v) is 3.23. The van der Waals surface area contributed by atoms with E-state index >= 15 is 0 Å². The molecular formula is C17H21N3O2. The lowest BCUT2D eigenvalue weighted by Crippen LogP contribution is -2.39. The van der Waals surface area contributed by atoms with Gasteiger partial charge in [0.2, 0.25) is 0 Å². The zero-order valence-electron chi connectivity index (χ0n) is 13.1. The summed E-state index contributed by atoms with van der Waals surface area (Å²) in [4.78, 5) is 8.03. The quantitative estimate of drug-likeness (QED) is 0.912. The average molecular weight is 299 g/mol. The van der Waals surface area contributed by atoms with Gasteiger partial charge in [0.25, 0.3) is 0 Å². The van der Waals surface area contributed by atoms with Gasteiger partial charge in [-0.1, -0.05) is 19.9 Å². The lowest BCUT2D eigenvalue weighted by atomic mass is 9.69. The van der Waals surface area contributed by atoms with Gasteiger partial charge in [0.15, 0.2) is 0 Å². The van der Waals surface area contributed by atoms with Crippen molar-refractivity contribution in [3.8, 4) is 5.75 Å². The molecule has 0 saturated heterocycles. The van der Waals surface area contributed by atoms with Gasteiger partial charge in [-0.2, -0.15) is 0 Å². The van der Waals surface area contributed by atoms with Crippen molar-refractivity contribution < 1.29 is 9.84 Å². The maximum atomic E-state index is 10.6. The normalized spacial score (nSPS) is 22.7. The zero-order chi connectivity index (χ0) is 15.7. The molecule has 0 spiro atoms. The third-order valence-electron chi connectivity index (χ3n) is 4.31. The Morgan fingerprint density at radius 2 is 2.00 bits per heavy atom. The zero-order valence-corrected chi connectivity index (χ0v) is 13.1. The molecule has 2 N–H and O–H groups in total. The average Bonchev–Trinajstić information content (AvgIpc) is 2.51. The predicted molar refractivity (Wildman–Crippen MR) is 85.0 cm³/mol. The third kappa shape index (κ3) is 2.64. The minimum absolute atomic E-state index is 0.0770. The van der Waals surface area contributed by atoms with Crippen LogP contribution in [0, 0.1) is 0 Å². The van der Waals surface area contributed by atoms with Gasteiger partial charge in [-0.25, -0.2) is 9.97 Å². The Morgan fingerprint density at radius 1 is 1.27 bits per heavy atom.